The number of fused-ring (bicyclic) bond motifs is 1. The molecule has 1 aromatic heterocycles. The lowest BCUT2D eigenvalue weighted by Crippen LogP contribution is -2.43. The number of aryl methyl sites for hydroxylation is 1. The number of nitrogens with two attached hydrogens (primary N) is 1. The lowest BCUT2D eigenvalue weighted by atomic mass is 9.95. The van der Waals surface area contributed by atoms with Crippen LogP contribution in [0.3, 0.4) is 0 Å². The standard InChI is InChI=1S/C19H27N3O4S/c1-2-26-19(25)12-6-5-9-22(10-12)11-15(23)21-18-16(17(20)24)13-7-3-4-8-14(13)27-18/h12H,2-11H2,1H3,(H2,20,24)(H,21,23). The van der Waals surface area contributed by atoms with Crippen molar-refractivity contribution in [3.63, 3.8) is 0 Å². The van der Waals surface area contributed by atoms with Gasteiger partial charge in [0, 0.05) is 11.4 Å². The van der Waals surface area contributed by atoms with Crippen molar-refractivity contribution < 1.29 is 19.1 Å². The molecule has 1 unspecified atom stereocenters. The molecule has 1 atom stereocenters. The van der Waals surface area contributed by atoms with Crippen LogP contribution in [0.5, 0.6) is 0 Å². The van der Waals surface area contributed by atoms with Gasteiger partial charge in [-0.15, -0.1) is 11.3 Å². The van der Waals surface area contributed by atoms with E-state index in [9.17, 15) is 14.4 Å². The Bertz CT molecular complexity index is 731. The highest BCUT2D eigenvalue weighted by molar-refractivity contribution is 7.17. The van der Waals surface area contributed by atoms with Gasteiger partial charge in [0.15, 0.2) is 0 Å². The van der Waals surface area contributed by atoms with Crippen LogP contribution in [-0.2, 0) is 27.2 Å². The van der Waals surface area contributed by atoms with Crippen molar-refractivity contribution in [3.8, 4) is 0 Å². The second-order valence-corrected chi connectivity index (χ2v) is 8.26. The first-order valence-corrected chi connectivity index (χ1v) is 10.4. The third-order valence-corrected chi connectivity index (χ3v) is 6.37. The van der Waals surface area contributed by atoms with Gasteiger partial charge < -0.3 is 15.8 Å². The zero-order valence-electron chi connectivity index (χ0n) is 15.7. The van der Waals surface area contributed by atoms with Crippen LogP contribution in [0.15, 0.2) is 0 Å². The summed E-state index contributed by atoms with van der Waals surface area (Å²) in [5, 5.41) is 3.45. The van der Waals surface area contributed by atoms with Crippen LogP contribution >= 0.6 is 11.3 Å². The molecular weight excluding hydrogens is 366 g/mol. The maximum atomic E-state index is 12.6. The van der Waals surface area contributed by atoms with Gasteiger partial charge >= 0.3 is 5.97 Å². The number of nitrogens with zero attached hydrogens (tertiary/aromatic N) is 1. The third-order valence-electron chi connectivity index (χ3n) is 5.16. The second kappa shape index (κ2) is 8.84. The van der Waals surface area contributed by atoms with Gasteiger partial charge in [0.1, 0.15) is 5.00 Å². The fraction of sp³-hybridized carbons (Fsp3) is 0.632. The van der Waals surface area contributed by atoms with Crippen molar-refractivity contribution in [2.75, 3.05) is 31.6 Å². The average molecular weight is 394 g/mol. The predicted molar refractivity (Wildman–Crippen MR) is 104 cm³/mol. The number of amides is 2. The lowest BCUT2D eigenvalue weighted by Gasteiger charge is -2.30. The minimum atomic E-state index is -0.481. The predicted octanol–water partition coefficient (Wildman–Crippen LogP) is 1.94. The Labute approximate surface area is 163 Å². The van der Waals surface area contributed by atoms with E-state index in [-0.39, 0.29) is 24.3 Å². The smallest absolute Gasteiger partial charge is 0.310 e. The highest BCUT2D eigenvalue weighted by Gasteiger charge is 2.29. The topological polar surface area (TPSA) is 102 Å². The van der Waals surface area contributed by atoms with E-state index >= 15 is 0 Å². The zero-order valence-corrected chi connectivity index (χ0v) is 16.5. The summed E-state index contributed by atoms with van der Waals surface area (Å²) in [5.41, 5.74) is 7.06. The maximum absolute atomic E-state index is 12.6. The van der Waals surface area contributed by atoms with E-state index < -0.39 is 5.91 Å². The molecule has 7 nitrogen and oxygen atoms in total. The summed E-state index contributed by atoms with van der Waals surface area (Å²) >= 11 is 1.47. The maximum Gasteiger partial charge on any atom is 0.310 e. The minimum absolute atomic E-state index is 0.179. The van der Waals surface area contributed by atoms with Crippen molar-refractivity contribution in [1.29, 1.82) is 0 Å². The van der Waals surface area contributed by atoms with E-state index in [1.165, 1.54) is 11.3 Å². The molecule has 0 spiro atoms. The molecule has 1 aliphatic carbocycles. The zero-order chi connectivity index (χ0) is 19.4. The van der Waals surface area contributed by atoms with E-state index in [0.717, 1.165) is 55.5 Å². The molecule has 3 N–H and O–H groups in total. The number of carbonyl (C=O) groups is 3. The molecule has 8 heteroatoms. The molecule has 3 rings (SSSR count). The van der Waals surface area contributed by atoms with Crippen LogP contribution < -0.4 is 11.1 Å². The number of carbonyl (C=O) groups excluding carboxylic acids is 3. The van der Waals surface area contributed by atoms with Crippen LogP contribution in [0.25, 0.3) is 0 Å². The van der Waals surface area contributed by atoms with Gasteiger partial charge in [-0.2, -0.15) is 0 Å². The number of ether oxygens (including phenoxy) is 1. The summed E-state index contributed by atoms with van der Waals surface area (Å²) < 4.78 is 5.10. The number of anilines is 1. The summed E-state index contributed by atoms with van der Waals surface area (Å²) in [7, 11) is 0. The highest BCUT2D eigenvalue weighted by atomic mass is 32.1. The van der Waals surface area contributed by atoms with Crippen LogP contribution in [-0.4, -0.2) is 48.9 Å². The second-order valence-electron chi connectivity index (χ2n) is 7.15. The third kappa shape index (κ3) is 4.68. The van der Waals surface area contributed by atoms with E-state index in [4.69, 9.17) is 10.5 Å². The van der Waals surface area contributed by atoms with Gasteiger partial charge in [0.05, 0.1) is 24.6 Å². The minimum Gasteiger partial charge on any atom is -0.466 e. The van der Waals surface area contributed by atoms with Crippen LogP contribution in [0.1, 0.15) is 53.4 Å². The van der Waals surface area contributed by atoms with Gasteiger partial charge in [-0.1, -0.05) is 0 Å². The average Bonchev–Trinajstić information content (AvgIpc) is 2.99. The van der Waals surface area contributed by atoms with Crippen molar-refractivity contribution in [2.45, 2.75) is 45.4 Å². The number of likely N-dealkylation sites (tertiary alicyclic amines) is 1. The van der Waals surface area contributed by atoms with Gasteiger partial charge in [-0.3, -0.25) is 19.3 Å². The molecule has 1 fully saturated rings. The molecule has 2 amide bonds. The number of hydrogen-bond donors (Lipinski definition) is 2. The van der Waals surface area contributed by atoms with E-state index in [0.29, 0.717) is 23.7 Å². The molecule has 0 aromatic carbocycles. The lowest BCUT2D eigenvalue weighted by molar-refractivity contribution is -0.150. The number of rotatable bonds is 6. The number of piperidine rings is 1. The molecular formula is C19H27N3O4S. The van der Waals surface area contributed by atoms with E-state index in [2.05, 4.69) is 5.32 Å². The first-order valence-electron chi connectivity index (χ1n) is 9.62. The molecule has 148 valence electrons. The Balaban J connectivity index is 1.63. The SMILES string of the molecule is CCOC(=O)C1CCCN(CC(=O)Nc2sc3c(c2C(N)=O)CCCC3)C1. The number of esters is 1. The number of nitrogens with one attached hydrogen (secondary N) is 1. The number of hydrogen-bond acceptors (Lipinski definition) is 6. The molecule has 0 saturated carbocycles. The molecule has 1 aromatic rings. The van der Waals surface area contributed by atoms with Crippen molar-refractivity contribution in [2.24, 2.45) is 11.7 Å². The van der Waals surface area contributed by atoms with Gasteiger partial charge in [-0.05, 0) is 57.6 Å². The molecule has 1 aliphatic heterocycles. The number of primary amides is 1. The molecule has 1 saturated heterocycles. The first kappa shape index (κ1) is 19.8. The quantitative estimate of drug-likeness (QED) is 0.719. The van der Waals surface area contributed by atoms with Gasteiger partial charge in [0.2, 0.25) is 5.91 Å². The molecule has 2 aliphatic rings. The summed E-state index contributed by atoms with van der Waals surface area (Å²) in [6.07, 6.45) is 5.57. The fourth-order valence-corrected chi connectivity index (χ4v) is 5.25. The Morgan fingerprint density at radius 1 is 1.26 bits per heavy atom. The summed E-state index contributed by atoms with van der Waals surface area (Å²) in [6.45, 7) is 3.65. The summed E-state index contributed by atoms with van der Waals surface area (Å²) in [4.78, 5) is 39.6. The molecule has 2 heterocycles. The van der Waals surface area contributed by atoms with E-state index in [1.54, 1.807) is 6.92 Å². The molecule has 0 bridgehead atoms. The summed E-state index contributed by atoms with van der Waals surface area (Å²) in [6, 6.07) is 0. The van der Waals surface area contributed by atoms with Crippen molar-refractivity contribution in [1.82, 2.24) is 4.90 Å². The Morgan fingerprint density at radius 2 is 2.04 bits per heavy atom. The van der Waals surface area contributed by atoms with Crippen LogP contribution in [0.2, 0.25) is 0 Å². The van der Waals surface area contributed by atoms with Crippen LogP contribution in [0.4, 0.5) is 5.00 Å². The Hall–Kier alpha value is -1.93. The summed E-state index contributed by atoms with van der Waals surface area (Å²) in [5.74, 6) is -1.03. The van der Waals surface area contributed by atoms with Gasteiger partial charge in [-0.25, -0.2) is 0 Å². The van der Waals surface area contributed by atoms with Crippen LogP contribution in [0, 0.1) is 5.92 Å². The monoisotopic (exact) mass is 393 g/mol. The van der Waals surface area contributed by atoms with Crippen molar-refractivity contribution in [3.05, 3.63) is 16.0 Å². The largest absolute Gasteiger partial charge is 0.466 e. The highest BCUT2D eigenvalue weighted by Crippen LogP contribution is 2.37. The van der Waals surface area contributed by atoms with E-state index in [1.807, 2.05) is 4.90 Å². The first-order chi connectivity index (χ1) is 13.0. The number of thiophene rings is 1. The Kier molecular flexibility index (Phi) is 6.49. The molecule has 27 heavy (non-hydrogen) atoms. The van der Waals surface area contributed by atoms with Gasteiger partial charge in [0.25, 0.3) is 5.91 Å². The Morgan fingerprint density at radius 3 is 2.78 bits per heavy atom. The fourth-order valence-electron chi connectivity index (χ4n) is 3.94. The van der Waals surface area contributed by atoms with Crippen molar-refractivity contribution >= 4 is 34.1 Å². The normalized spacial score (nSPS) is 20.0. The molecule has 0 radical (unpaired) electrons.